The van der Waals surface area contributed by atoms with Crippen molar-refractivity contribution in [1.29, 1.82) is 0 Å². The molecule has 0 unspecified atom stereocenters. The number of nitrogens with one attached hydrogen (secondary N) is 1. The van der Waals surface area contributed by atoms with E-state index in [1.54, 1.807) is 23.8 Å². The number of aryl methyl sites for hydroxylation is 1. The van der Waals surface area contributed by atoms with Gasteiger partial charge < -0.3 is 9.88 Å². The lowest BCUT2D eigenvalue weighted by Gasteiger charge is -2.33. The lowest BCUT2D eigenvalue weighted by Crippen LogP contribution is -2.34. The van der Waals surface area contributed by atoms with Crippen LogP contribution in [0.25, 0.3) is 28.1 Å². The number of hydrogen-bond donors (Lipinski definition) is 1. The van der Waals surface area contributed by atoms with Gasteiger partial charge in [0.15, 0.2) is 11.3 Å². The van der Waals surface area contributed by atoms with Gasteiger partial charge in [-0.25, -0.2) is 33.2 Å². The molecular weight excluding hydrogens is 378 g/mol. The van der Waals surface area contributed by atoms with E-state index in [4.69, 9.17) is 0 Å². The summed E-state index contributed by atoms with van der Waals surface area (Å²) in [6.07, 6.45) is 4.91. The molecule has 5 rings (SSSR count). The summed E-state index contributed by atoms with van der Waals surface area (Å²) in [6.45, 7) is 3.44. The molecule has 4 heterocycles. The Kier molecular flexibility index (Phi) is 4.14. The van der Waals surface area contributed by atoms with Crippen LogP contribution in [0.4, 0.5) is 14.7 Å². The van der Waals surface area contributed by atoms with Crippen LogP contribution in [-0.4, -0.2) is 46.6 Å². The second-order valence-corrected chi connectivity index (χ2v) is 7.62. The molecule has 1 fully saturated rings. The number of hydrogen-bond acceptors (Lipinski definition) is 6. The minimum atomic E-state index is -2.50. The van der Waals surface area contributed by atoms with Gasteiger partial charge in [0.25, 0.3) is 6.43 Å². The minimum absolute atomic E-state index is 0.345. The van der Waals surface area contributed by atoms with E-state index in [0.29, 0.717) is 34.8 Å². The van der Waals surface area contributed by atoms with E-state index in [0.717, 1.165) is 29.8 Å². The second kappa shape index (κ2) is 6.71. The third-order valence-corrected chi connectivity index (χ3v) is 5.37. The molecule has 0 spiro atoms. The van der Waals surface area contributed by atoms with Crippen LogP contribution in [0.15, 0.2) is 24.7 Å². The lowest BCUT2D eigenvalue weighted by molar-refractivity contribution is 0.127. The van der Waals surface area contributed by atoms with Gasteiger partial charge in [0, 0.05) is 17.8 Å². The Morgan fingerprint density at radius 1 is 1.21 bits per heavy atom. The first kappa shape index (κ1) is 17.9. The van der Waals surface area contributed by atoms with Crippen LogP contribution in [-0.2, 0) is 6.54 Å². The Labute approximate surface area is 165 Å². The molecule has 4 aromatic rings. The van der Waals surface area contributed by atoms with Gasteiger partial charge in [0.05, 0.1) is 30.1 Å². The fourth-order valence-corrected chi connectivity index (χ4v) is 3.87. The standard InChI is InChI=1S/C19H20F2N8/c1-10-5-12(6-10)25-19-23-8-15-13(3-4-29(15)27-19)14-7-22-17-18(26-14)28(9-16(20)21)11(2)24-17/h3-4,7-8,10,12,16H,5-6,9H2,1-2H3,(H,25,27). The average molecular weight is 398 g/mol. The van der Waals surface area contributed by atoms with E-state index in [9.17, 15) is 8.78 Å². The second-order valence-electron chi connectivity index (χ2n) is 7.62. The topological polar surface area (TPSA) is 85.8 Å². The molecule has 0 saturated heterocycles. The zero-order valence-electron chi connectivity index (χ0n) is 16.0. The number of halogens is 2. The van der Waals surface area contributed by atoms with Crippen molar-refractivity contribution in [3.63, 3.8) is 0 Å². The number of rotatable bonds is 5. The Bertz CT molecular complexity index is 1190. The van der Waals surface area contributed by atoms with Crippen LogP contribution in [0.2, 0.25) is 0 Å². The van der Waals surface area contributed by atoms with Crippen molar-refractivity contribution in [3.05, 3.63) is 30.5 Å². The summed E-state index contributed by atoms with van der Waals surface area (Å²) in [5.74, 6) is 1.79. The first-order chi connectivity index (χ1) is 14.0. The van der Waals surface area contributed by atoms with Gasteiger partial charge in [0.1, 0.15) is 5.82 Å². The van der Waals surface area contributed by atoms with E-state index in [1.807, 2.05) is 12.3 Å². The molecule has 1 aliphatic rings. The Hall–Kier alpha value is -3.17. The third-order valence-electron chi connectivity index (χ3n) is 5.37. The van der Waals surface area contributed by atoms with E-state index < -0.39 is 13.0 Å². The maximum absolute atomic E-state index is 12.9. The summed E-state index contributed by atoms with van der Waals surface area (Å²) in [5.41, 5.74) is 2.81. The Morgan fingerprint density at radius 2 is 2.03 bits per heavy atom. The molecule has 29 heavy (non-hydrogen) atoms. The van der Waals surface area contributed by atoms with Crippen LogP contribution >= 0.6 is 0 Å². The molecule has 10 heteroatoms. The van der Waals surface area contributed by atoms with Gasteiger partial charge in [0.2, 0.25) is 5.95 Å². The maximum Gasteiger partial charge on any atom is 0.256 e. The first-order valence-electron chi connectivity index (χ1n) is 9.57. The highest BCUT2D eigenvalue weighted by molar-refractivity contribution is 5.80. The Morgan fingerprint density at radius 3 is 2.79 bits per heavy atom. The van der Waals surface area contributed by atoms with Crippen molar-refractivity contribution in [1.82, 2.24) is 34.1 Å². The molecule has 4 aromatic heterocycles. The van der Waals surface area contributed by atoms with E-state index in [1.165, 1.54) is 4.57 Å². The van der Waals surface area contributed by atoms with Gasteiger partial charge >= 0.3 is 0 Å². The molecule has 1 aliphatic carbocycles. The highest BCUT2D eigenvalue weighted by Crippen LogP contribution is 2.29. The van der Waals surface area contributed by atoms with Gasteiger partial charge in [-0.15, -0.1) is 5.10 Å². The van der Waals surface area contributed by atoms with E-state index in [-0.39, 0.29) is 0 Å². The number of imidazole rings is 1. The van der Waals surface area contributed by atoms with E-state index >= 15 is 0 Å². The van der Waals surface area contributed by atoms with Crippen molar-refractivity contribution in [3.8, 4) is 11.3 Å². The first-order valence-corrected chi connectivity index (χ1v) is 9.57. The predicted molar refractivity (Wildman–Crippen MR) is 104 cm³/mol. The quantitative estimate of drug-likeness (QED) is 0.555. The van der Waals surface area contributed by atoms with Crippen molar-refractivity contribution in [2.24, 2.45) is 5.92 Å². The normalized spacial score (nSPS) is 19.2. The zero-order valence-corrected chi connectivity index (χ0v) is 16.0. The molecule has 0 bridgehead atoms. The van der Waals surface area contributed by atoms with Crippen molar-refractivity contribution in [2.75, 3.05) is 5.32 Å². The van der Waals surface area contributed by atoms with Crippen LogP contribution < -0.4 is 5.32 Å². The molecule has 0 radical (unpaired) electrons. The molecule has 0 atom stereocenters. The molecule has 1 N–H and O–H groups in total. The summed E-state index contributed by atoms with van der Waals surface area (Å²) in [5, 5.41) is 7.87. The maximum atomic E-state index is 12.9. The summed E-state index contributed by atoms with van der Waals surface area (Å²) in [6, 6.07) is 2.29. The number of aromatic nitrogens is 7. The zero-order chi connectivity index (χ0) is 20.1. The summed E-state index contributed by atoms with van der Waals surface area (Å²) in [7, 11) is 0. The van der Waals surface area contributed by atoms with Crippen molar-refractivity contribution in [2.45, 2.75) is 45.7 Å². The van der Waals surface area contributed by atoms with Crippen LogP contribution in [0.5, 0.6) is 0 Å². The lowest BCUT2D eigenvalue weighted by atomic mass is 9.82. The fourth-order valence-electron chi connectivity index (χ4n) is 3.87. The highest BCUT2D eigenvalue weighted by atomic mass is 19.3. The number of nitrogens with zero attached hydrogens (tertiary/aromatic N) is 7. The van der Waals surface area contributed by atoms with Gasteiger partial charge in [-0.3, -0.25) is 0 Å². The predicted octanol–water partition coefficient (Wildman–Crippen LogP) is 3.32. The molecule has 0 aromatic carbocycles. The van der Waals surface area contributed by atoms with Gasteiger partial charge in [-0.2, -0.15) is 0 Å². The summed E-state index contributed by atoms with van der Waals surface area (Å²) < 4.78 is 29.0. The third kappa shape index (κ3) is 3.18. The van der Waals surface area contributed by atoms with Crippen molar-refractivity contribution < 1.29 is 8.78 Å². The van der Waals surface area contributed by atoms with Gasteiger partial charge in [-0.1, -0.05) is 6.92 Å². The van der Waals surface area contributed by atoms with Crippen LogP contribution in [0.1, 0.15) is 25.6 Å². The Balaban J connectivity index is 1.50. The number of anilines is 1. The number of fused-ring (bicyclic) bond motifs is 2. The van der Waals surface area contributed by atoms with Gasteiger partial charge in [-0.05, 0) is 31.7 Å². The largest absolute Gasteiger partial charge is 0.350 e. The monoisotopic (exact) mass is 398 g/mol. The molecule has 0 aliphatic heterocycles. The molecule has 1 saturated carbocycles. The highest BCUT2D eigenvalue weighted by Gasteiger charge is 2.26. The summed E-state index contributed by atoms with van der Waals surface area (Å²) >= 11 is 0. The van der Waals surface area contributed by atoms with Crippen molar-refractivity contribution >= 4 is 22.8 Å². The molecule has 8 nitrogen and oxygen atoms in total. The smallest absolute Gasteiger partial charge is 0.256 e. The number of alkyl halides is 2. The average Bonchev–Trinajstić information content (AvgIpc) is 3.21. The summed E-state index contributed by atoms with van der Waals surface area (Å²) in [4.78, 5) is 17.5. The van der Waals surface area contributed by atoms with E-state index in [2.05, 4.69) is 37.3 Å². The minimum Gasteiger partial charge on any atom is -0.350 e. The molecule has 0 amide bonds. The van der Waals surface area contributed by atoms with Crippen LogP contribution in [0, 0.1) is 12.8 Å². The van der Waals surface area contributed by atoms with Crippen LogP contribution in [0.3, 0.4) is 0 Å². The fraction of sp³-hybridized carbons (Fsp3) is 0.421. The SMILES string of the molecule is Cc1nc2ncc(-c3ccn4nc(NC5CC(C)C5)ncc34)nc2n1CC(F)F. The molecule has 150 valence electrons. The molecular formula is C19H20F2N8.